The van der Waals surface area contributed by atoms with Gasteiger partial charge in [-0.05, 0) is 93.3 Å². The summed E-state index contributed by atoms with van der Waals surface area (Å²) < 4.78 is 10.6. The van der Waals surface area contributed by atoms with E-state index in [1.54, 1.807) is 105 Å². The molecule has 4 aromatic rings. The van der Waals surface area contributed by atoms with Crippen LogP contribution in [0, 0.1) is 0 Å². The van der Waals surface area contributed by atoms with E-state index in [9.17, 15) is 24.0 Å². The summed E-state index contributed by atoms with van der Waals surface area (Å²) in [5, 5.41) is 8.87. The minimum absolute atomic E-state index is 0.0179. The summed E-state index contributed by atoms with van der Waals surface area (Å²) in [6.45, 7) is 7.88. The SMILES string of the molecule is CCC(Sc1cccc(NC(=O)/C(=C\c2ccc(Cl)cc2)NC(=O)c2ccccc2)c1)C(=O)Nc1sc2c(c1C(=O)OC)CCN(C(=O)OC(C)(C)C)C2. The number of nitrogens with zero attached hydrogens (tertiary/aromatic N) is 1. The van der Waals surface area contributed by atoms with Crippen molar-refractivity contribution < 1.29 is 33.4 Å². The molecule has 0 aliphatic carbocycles. The van der Waals surface area contributed by atoms with Crippen LogP contribution in [0.2, 0.25) is 5.02 Å². The third kappa shape index (κ3) is 10.5. The Morgan fingerprint density at radius 2 is 1.70 bits per heavy atom. The molecule has 282 valence electrons. The Morgan fingerprint density at radius 3 is 2.37 bits per heavy atom. The number of rotatable bonds is 11. The lowest BCUT2D eigenvalue weighted by molar-refractivity contribution is -0.116. The van der Waals surface area contributed by atoms with Crippen molar-refractivity contribution in [3.63, 3.8) is 0 Å². The fourth-order valence-electron chi connectivity index (χ4n) is 5.48. The smallest absolute Gasteiger partial charge is 0.410 e. The Bertz CT molecular complexity index is 2060. The molecule has 0 fully saturated rings. The van der Waals surface area contributed by atoms with Gasteiger partial charge in [-0.15, -0.1) is 23.1 Å². The highest BCUT2D eigenvalue weighted by Crippen LogP contribution is 2.39. The van der Waals surface area contributed by atoms with Crippen LogP contribution in [0.1, 0.15) is 70.8 Å². The molecule has 1 atom stereocenters. The van der Waals surface area contributed by atoms with Gasteiger partial charge in [-0.1, -0.05) is 54.9 Å². The molecule has 0 radical (unpaired) electrons. The number of nitrogens with one attached hydrogen (secondary N) is 3. The average Bonchev–Trinajstić information content (AvgIpc) is 3.50. The van der Waals surface area contributed by atoms with Crippen LogP contribution in [-0.4, -0.2) is 59.2 Å². The van der Waals surface area contributed by atoms with Crippen LogP contribution in [0.3, 0.4) is 0 Å². The molecule has 1 aliphatic rings. The molecule has 11 nitrogen and oxygen atoms in total. The summed E-state index contributed by atoms with van der Waals surface area (Å²) in [4.78, 5) is 69.2. The van der Waals surface area contributed by atoms with Gasteiger partial charge in [0.1, 0.15) is 16.3 Å². The molecule has 3 N–H and O–H groups in total. The number of hydrogen-bond donors (Lipinski definition) is 3. The molecular weight excluding hydrogens is 748 g/mol. The van der Waals surface area contributed by atoms with Gasteiger partial charge in [0.2, 0.25) is 5.91 Å². The van der Waals surface area contributed by atoms with E-state index >= 15 is 0 Å². The first-order chi connectivity index (χ1) is 25.7. The number of amides is 4. The van der Waals surface area contributed by atoms with Gasteiger partial charge in [-0.2, -0.15) is 0 Å². The summed E-state index contributed by atoms with van der Waals surface area (Å²) in [5.74, 6) is -1.89. The monoisotopic (exact) mass is 788 g/mol. The number of thiophene rings is 1. The van der Waals surface area contributed by atoms with E-state index in [1.165, 1.54) is 30.2 Å². The molecular formula is C40H41ClN4O7S2. The van der Waals surface area contributed by atoms with Gasteiger partial charge in [0.25, 0.3) is 11.8 Å². The minimum atomic E-state index is -0.654. The van der Waals surface area contributed by atoms with Gasteiger partial charge >= 0.3 is 12.1 Å². The highest BCUT2D eigenvalue weighted by Gasteiger charge is 2.33. The number of fused-ring (bicyclic) bond motifs is 1. The van der Waals surface area contributed by atoms with E-state index in [0.717, 1.165) is 10.4 Å². The maximum absolute atomic E-state index is 13.7. The number of anilines is 2. The van der Waals surface area contributed by atoms with E-state index in [1.807, 2.05) is 13.0 Å². The highest BCUT2D eigenvalue weighted by atomic mass is 35.5. The Kier molecular flexibility index (Phi) is 13.2. The van der Waals surface area contributed by atoms with Crippen molar-refractivity contribution in [3.05, 3.63) is 117 Å². The number of ether oxygens (including phenoxy) is 2. The summed E-state index contributed by atoms with van der Waals surface area (Å²) in [6, 6.07) is 22.4. The zero-order valence-electron chi connectivity index (χ0n) is 30.5. The maximum Gasteiger partial charge on any atom is 0.410 e. The molecule has 1 aromatic heterocycles. The fourth-order valence-corrected chi connectivity index (χ4v) is 7.88. The lowest BCUT2D eigenvalue weighted by Crippen LogP contribution is -2.39. The van der Waals surface area contributed by atoms with Crippen molar-refractivity contribution in [2.75, 3.05) is 24.3 Å². The van der Waals surface area contributed by atoms with Crippen LogP contribution in [-0.2, 0) is 32.0 Å². The predicted octanol–water partition coefficient (Wildman–Crippen LogP) is 8.40. The van der Waals surface area contributed by atoms with E-state index in [2.05, 4.69) is 16.0 Å². The third-order valence-electron chi connectivity index (χ3n) is 8.08. The van der Waals surface area contributed by atoms with Gasteiger partial charge < -0.3 is 30.3 Å². The molecule has 1 unspecified atom stereocenters. The number of thioether (sulfide) groups is 1. The van der Waals surface area contributed by atoms with Crippen molar-refractivity contribution in [1.29, 1.82) is 0 Å². The van der Waals surface area contributed by atoms with Crippen LogP contribution in [0.25, 0.3) is 6.08 Å². The molecule has 0 spiro atoms. The molecule has 0 saturated carbocycles. The second-order valence-corrected chi connectivity index (χ2v) is 16.1. The number of methoxy groups -OCH3 is 1. The molecule has 5 rings (SSSR count). The molecule has 3 aromatic carbocycles. The van der Waals surface area contributed by atoms with Crippen molar-refractivity contribution in [1.82, 2.24) is 10.2 Å². The first-order valence-electron chi connectivity index (χ1n) is 17.2. The van der Waals surface area contributed by atoms with Crippen molar-refractivity contribution >= 4 is 81.2 Å². The van der Waals surface area contributed by atoms with Gasteiger partial charge in [-0.25, -0.2) is 9.59 Å². The van der Waals surface area contributed by atoms with Crippen LogP contribution in [0.15, 0.2) is 89.5 Å². The Morgan fingerprint density at radius 1 is 0.981 bits per heavy atom. The first kappa shape index (κ1) is 40.1. The van der Waals surface area contributed by atoms with Crippen molar-refractivity contribution in [3.8, 4) is 0 Å². The van der Waals surface area contributed by atoms with Gasteiger partial charge in [-0.3, -0.25) is 14.4 Å². The summed E-state index contributed by atoms with van der Waals surface area (Å²) in [6.07, 6.45) is 1.97. The zero-order valence-corrected chi connectivity index (χ0v) is 32.9. The number of carbonyl (C=O) groups excluding carboxylic acids is 5. The standard InChI is InChI=1S/C40H41ClN4O7S2/c1-6-31(36(48)44-37-33(38(49)51-5)29-19-20-45(23-32(29)54-37)39(50)52-40(2,3)4)53-28-14-10-13-27(22-28)42-35(47)30(21-24-15-17-26(41)18-16-24)43-34(46)25-11-8-7-9-12-25/h7-18,21-22,31H,6,19-20,23H2,1-5H3,(H,42,47)(H,43,46)(H,44,48)/b30-21+. The minimum Gasteiger partial charge on any atom is -0.465 e. The summed E-state index contributed by atoms with van der Waals surface area (Å²) in [5.41, 5.74) is 1.89. The first-order valence-corrected chi connectivity index (χ1v) is 19.3. The Hall–Kier alpha value is -5.11. The van der Waals surface area contributed by atoms with Gasteiger partial charge in [0.05, 0.1) is 24.5 Å². The van der Waals surface area contributed by atoms with E-state index in [0.29, 0.717) is 56.7 Å². The van der Waals surface area contributed by atoms with Crippen LogP contribution < -0.4 is 16.0 Å². The fraction of sp³-hybridized carbons (Fsp3) is 0.275. The second kappa shape index (κ2) is 17.8. The lowest BCUT2D eigenvalue weighted by Gasteiger charge is -2.30. The van der Waals surface area contributed by atoms with E-state index in [4.69, 9.17) is 21.1 Å². The maximum atomic E-state index is 13.7. The van der Waals surface area contributed by atoms with E-state index < -0.39 is 34.7 Å². The van der Waals surface area contributed by atoms with Crippen LogP contribution in [0.5, 0.6) is 0 Å². The Balaban J connectivity index is 1.31. The quantitative estimate of drug-likeness (QED) is 0.0782. The largest absolute Gasteiger partial charge is 0.465 e. The summed E-state index contributed by atoms with van der Waals surface area (Å²) in [7, 11) is 1.29. The molecule has 1 aliphatic heterocycles. The number of esters is 1. The normalized spacial score (nSPS) is 13.3. The number of carbonyl (C=O) groups is 5. The topological polar surface area (TPSA) is 143 Å². The highest BCUT2D eigenvalue weighted by molar-refractivity contribution is 8.00. The van der Waals surface area contributed by atoms with E-state index in [-0.39, 0.29) is 18.1 Å². The number of benzene rings is 3. The molecule has 54 heavy (non-hydrogen) atoms. The molecule has 2 heterocycles. The number of hydrogen-bond acceptors (Lipinski definition) is 9. The molecule has 0 bridgehead atoms. The van der Waals surface area contributed by atoms with Crippen molar-refractivity contribution in [2.45, 2.75) is 62.8 Å². The van der Waals surface area contributed by atoms with Gasteiger partial charge in [0, 0.05) is 32.6 Å². The molecule has 4 amide bonds. The summed E-state index contributed by atoms with van der Waals surface area (Å²) >= 11 is 8.59. The lowest BCUT2D eigenvalue weighted by atomic mass is 10.0. The zero-order chi connectivity index (χ0) is 39.0. The van der Waals surface area contributed by atoms with Crippen LogP contribution in [0.4, 0.5) is 15.5 Å². The average molecular weight is 789 g/mol. The van der Waals surface area contributed by atoms with Crippen molar-refractivity contribution in [2.24, 2.45) is 0 Å². The Labute approximate surface area is 327 Å². The third-order valence-corrected chi connectivity index (χ3v) is 10.8. The second-order valence-electron chi connectivity index (χ2n) is 13.3. The van der Waals surface area contributed by atoms with Gasteiger partial charge in [0.15, 0.2) is 0 Å². The molecule has 14 heteroatoms. The molecule has 0 saturated heterocycles. The predicted molar refractivity (Wildman–Crippen MR) is 213 cm³/mol. The number of halogens is 1. The van der Waals surface area contributed by atoms with Crippen LogP contribution >= 0.6 is 34.7 Å².